The molecule has 1 heterocycles. The Morgan fingerprint density at radius 2 is 2.05 bits per heavy atom. The molecule has 0 fully saturated rings. The molecule has 3 aromatic rings. The number of rotatable bonds is 3. The topological polar surface area (TPSA) is 70.4 Å². The molecule has 6 heteroatoms. The molecule has 2 aromatic carbocycles. The van der Waals surface area contributed by atoms with Crippen LogP contribution in [0.2, 0.25) is 5.02 Å². The van der Waals surface area contributed by atoms with Crippen LogP contribution in [0.1, 0.15) is 5.56 Å². The van der Waals surface area contributed by atoms with Crippen LogP contribution >= 0.6 is 11.6 Å². The molecule has 104 valence electrons. The number of hydrazone groups is 1. The van der Waals surface area contributed by atoms with E-state index in [-0.39, 0.29) is 10.8 Å². The number of aromatic hydroxyl groups is 1. The summed E-state index contributed by atoms with van der Waals surface area (Å²) in [4.78, 5) is 0. The van der Waals surface area contributed by atoms with Crippen LogP contribution in [0, 0.1) is 0 Å². The lowest BCUT2D eigenvalue weighted by molar-refractivity contribution is 0.475. The average Bonchev–Trinajstić information content (AvgIpc) is 2.51. The number of phenols is 1. The first kappa shape index (κ1) is 13.3. The fourth-order valence-corrected chi connectivity index (χ4v) is 2.07. The molecule has 0 aliphatic carbocycles. The molecule has 0 radical (unpaired) electrons. The normalized spacial score (nSPS) is 11.1. The monoisotopic (exact) mass is 298 g/mol. The van der Waals surface area contributed by atoms with E-state index in [9.17, 15) is 5.11 Å². The highest BCUT2D eigenvalue weighted by Gasteiger charge is 2.01. The van der Waals surface area contributed by atoms with Gasteiger partial charge in [0.2, 0.25) is 0 Å². The summed E-state index contributed by atoms with van der Waals surface area (Å²) in [7, 11) is 0. The number of fused-ring (bicyclic) bond motifs is 1. The third-order valence-corrected chi connectivity index (χ3v) is 3.23. The van der Waals surface area contributed by atoms with E-state index >= 15 is 0 Å². The summed E-state index contributed by atoms with van der Waals surface area (Å²) in [5.74, 6) is 0.621. The molecular formula is C15H11ClN4O. The van der Waals surface area contributed by atoms with Crippen molar-refractivity contribution < 1.29 is 5.11 Å². The Hall–Kier alpha value is -2.66. The Kier molecular flexibility index (Phi) is 3.66. The summed E-state index contributed by atoms with van der Waals surface area (Å²) in [5.41, 5.74) is 3.62. The van der Waals surface area contributed by atoms with Crippen molar-refractivity contribution in [3.05, 3.63) is 59.2 Å². The van der Waals surface area contributed by atoms with Gasteiger partial charge in [0.25, 0.3) is 0 Å². The Bertz CT molecular complexity index is 814. The lowest BCUT2D eigenvalue weighted by Gasteiger charge is -2.03. The predicted molar refractivity (Wildman–Crippen MR) is 83.9 cm³/mol. The van der Waals surface area contributed by atoms with Gasteiger partial charge in [-0.3, -0.25) is 5.43 Å². The van der Waals surface area contributed by atoms with Crippen LogP contribution in [0.25, 0.3) is 10.8 Å². The highest BCUT2D eigenvalue weighted by atomic mass is 35.5. The van der Waals surface area contributed by atoms with Crippen molar-refractivity contribution in [3.63, 3.8) is 0 Å². The second kappa shape index (κ2) is 5.76. The van der Waals surface area contributed by atoms with E-state index in [0.717, 1.165) is 16.3 Å². The highest BCUT2D eigenvalue weighted by Crippen LogP contribution is 2.23. The molecular weight excluding hydrogens is 288 g/mol. The van der Waals surface area contributed by atoms with E-state index in [2.05, 4.69) is 20.7 Å². The average molecular weight is 299 g/mol. The molecule has 3 rings (SSSR count). The molecule has 0 saturated heterocycles. The van der Waals surface area contributed by atoms with E-state index in [0.29, 0.717) is 5.82 Å². The first-order valence-corrected chi connectivity index (χ1v) is 6.60. The van der Waals surface area contributed by atoms with Gasteiger partial charge in [-0.25, -0.2) is 0 Å². The van der Waals surface area contributed by atoms with E-state index in [1.807, 2.05) is 24.3 Å². The smallest absolute Gasteiger partial charge is 0.176 e. The summed E-state index contributed by atoms with van der Waals surface area (Å²) in [6, 6.07) is 12.6. The number of aromatic nitrogens is 2. The molecule has 2 N–H and O–H groups in total. The fourth-order valence-electron chi connectivity index (χ4n) is 1.88. The van der Waals surface area contributed by atoms with E-state index < -0.39 is 0 Å². The van der Waals surface area contributed by atoms with E-state index in [4.69, 9.17) is 11.6 Å². The van der Waals surface area contributed by atoms with Gasteiger partial charge in [-0.05, 0) is 23.8 Å². The second-order valence-corrected chi connectivity index (χ2v) is 4.77. The number of hydrogen-bond donors (Lipinski definition) is 2. The molecule has 0 spiro atoms. The molecule has 1 aromatic heterocycles. The molecule has 5 nitrogen and oxygen atoms in total. The number of hydrogen-bond acceptors (Lipinski definition) is 5. The Morgan fingerprint density at radius 3 is 2.90 bits per heavy atom. The van der Waals surface area contributed by atoms with Crippen LogP contribution in [0.5, 0.6) is 5.75 Å². The van der Waals surface area contributed by atoms with E-state index in [1.54, 1.807) is 24.5 Å². The number of nitrogens with zero attached hydrogens (tertiary/aromatic N) is 3. The predicted octanol–water partition coefficient (Wildman–Crippen LogP) is 3.43. The SMILES string of the molecule is Oc1ccc(/C=N/Nc2nncc3ccccc23)cc1Cl. The first-order chi connectivity index (χ1) is 10.2. The number of anilines is 1. The molecule has 0 unspecified atom stereocenters. The van der Waals surface area contributed by atoms with Crippen LogP contribution in [0.4, 0.5) is 5.82 Å². The zero-order valence-electron chi connectivity index (χ0n) is 10.9. The van der Waals surface area contributed by atoms with Crippen molar-refractivity contribution in [1.29, 1.82) is 0 Å². The van der Waals surface area contributed by atoms with Crippen molar-refractivity contribution >= 4 is 34.4 Å². The zero-order chi connectivity index (χ0) is 14.7. The van der Waals surface area contributed by atoms with Crippen molar-refractivity contribution in [2.45, 2.75) is 0 Å². The minimum absolute atomic E-state index is 0.0432. The van der Waals surface area contributed by atoms with Gasteiger partial charge in [0.15, 0.2) is 5.82 Å². The van der Waals surface area contributed by atoms with Crippen molar-refractivity contribution in [2.24, 2.45) is 5.10 Å². The first-order valence-electron chi connectivity index (χ1n) is 6.22. The third-order valence-electron chi connectivity index (χ3n) is 2.93. The van der Waals surface area contributed by atoms with Crippen molar-refractivity contribution in [1.82, 2.24) is 10.2 Å². The largest absolute Gasteiger partial charge is 0.506 e. The Labute approximate surface area is 125 Å². The van der Waals surface area contributed by atoms with Crippen LogP contribution in [0.3, 0.4) is 0 Å². The van der Waals surface area contributed by atoms with Gasteiger partial charge in [-0.15, -0.1) is 5.10 Å². The Morgan fingerprint density at radius 1 is 1.19 bits per heavy atom. The van der Waals surface area contributed by atoms with Crippen LogP contribution in [-0.4, -0.2) is 21.5 Å². The maximum absolute atomic E-state index is 9.36. The molecule has 0 saturated carbocycles. The fraction of sp³-hybridized carbons (Fsp3) is 0. The molecule has 0 atom stereocenters. The van der Waals surface area contributed by atoms with Gasteiger partial charge in [-0.1, -0.05) is 35.9 Å². The van der Waals surface area contributed by atoms with Crippen LogP contribution in [-0.2, 0) is 0 Å². The van der Waals surface area contributed by atoms with Gasteiger partial charge < -0.3 is 5.11 Å². The van der Waals surface area contributed by atoms with Gasteiger partial charge >= 0.3 is 0 Å². The van der Waals surface area contributed by atoms with Gasteiger partial charge in [0.05, 0.1) is 17.4 Å². The molecule has 0 amide bonds. The third kappa shape index (κ3) is 2.93. The standard InChI is InChI=1S/C15H11ClN4O/c16-13-7-10(5-6-14(13)21)8-17-19-15-12-4-2-1-3-11(12)9-18-20-15/h1-9,21H,(H,19,20)/b17-8+. The quantitative estimate of drug-likeness (QED) is 0.574. The lowest BCUT2D eigenvalue weighted by atomic mass is 10.2. The minimum Gasteiger partial charge on any atom is -0.506 e. The van der Waals surface area contributed by atoms with Crippen LogP contribution in [0.15, 0.2) is 53.8 Å². The van der Waals surface area contributed by atoms with Crippen LogP contribution < -0.4 is 5.43 Å². The molecule has 21 heavy (non-hydrogen) atoms. The number of nitrogens with one attached hydrogen (secondary N) is 1. The summed E-state index contributed by atoms with van der Waals surface area (Å²) in [6.07, 6.45) is 3.29. The van der Waals surface area contributed by atoms with Crippen molar-refractivity contribution in [2.75, 3.05) is 5.43 Å². The minimum atomic E-state index is 0.0432. The van der Waals surface area contributed by atoms with E-state index in [1.165, 1.54) is 6.07 Å². The summed E-state index contributed by atoms with van der Waals surface area (Å²) in [5, 5.41) is 23.6. The summed E-state index contributed by atoms with van der Waals surface area (Å²) in [6.45, 7) is 0. The number of phenolic OH excluding ortho intramolecular Hbond substituents is 1. The molecule has 0 bridgehead atoms. The number of benzene rings is 2. The zero-order valence-corrected chi connectivity index (χ0v) is 11.6. The highest BCUT2D eigenvalue weighted by molar-refractivity contribution is 6.32. The molecule has 0 aliphatic rings. The molecule has 0 aliphatic heterocycles. The summed E-state index contributed by atoms with van der Waals surface area (Å²) < 4.78 is 0. The van der Waals surface area contributed by atoms with Gasteiger partial charge in [-0.2, -0.15) is 10.2 Å². The number of halogens is 1. The van der Waals surface area contributed by atoms with Gasteiger partial charge in [0, 0.05) is 10.8 Å². The van der Waals surface area contributed by atoms with Crippen molar-refractivity contribution in [3.8, 4) is 5.75 Å². The van der Waals surface area contributed by atoms with Gasteiger partial charge in [0.1, 0.15) is 5.75 Å². The maximum Gasteiger partial charge on any atom is 0.176 e. The second-order valence-electron chi connectivity index (χ2n) is 4.36. The Balaban J connectivity index is 1.83. The lowest BCUT2D eigenvalue weighted by Crippen LogP contribution is -1.96. The maximum atomic E-state index is 9.36. The summed E-state index contributed by atoms with van der Waals surface area (Å²) >= 11 is 5.83.